The molecule has 0 atom stereocenters. The number of benzene rings is 2. The summed E-state index contributed by atoms with van der Waals surface area (Å²) in [5.74, 6) is 0.879. The number of rotatable bonds is 3. The van der Waals surface area contributed by atoms with Crippen LogP contribution in [0.1, 0.15) is 25.0 Å². The first kappa shape index (κ1) is 16.3. The monoisotopic (exact) mass is 350 g/mol. The average molecular weight is 350 g/mol. The molecule has 0 amide bonds. The molecule has 0 saturated carbocycles. The van der Waals surface area contributed by atoms with Gasteiger partial charge < -0.3 is 9.64 Å². The Morgan fingerprint density at radius 1 is 1.00 bits per heavy atom. The molecule has 0 saturated heterocycles. The third kappa shape index (κ3) is 3.07. The van der Waals surface area contributed by atoms with Crippen LogP contribution in [-0.4, -0.2) is 30.3 Å². The van der Waals surface area contributed by atoms with Crippen molar-refractivity contribution in [3.63, 3.8) is 0 Å². The topological polar surface area (TPSA) is 24.8 Å². The fourth-order valence-corrected chi connectivity index (χ4v) is 4.41. The lowest BCUT2D eigenvalue weighted by Crippen LogP contribution is -2.40. The van der Waals surface area contributed by atoms with Crippen LogP contribution in [0.5, 0.6) is 5.75 Å². The number of amidine groups is 1. The highest BCUT2D eigenvalue weighted by Gasteiger charge is 2.38. The summed E-state index contributed by atoms with van der Waals surface area (Å²) in [6, 6.07) is 18.9. The van der Waals surface area contributed by atoms with Crippen LogP contribution in [0.15, 0.2) is 59.6 Å². The second-order valence-corrected chi connectivity index (χ2v) is 8.20. The highest BCUT2D eigenvalue weighted by Crippen LogP contribution is 2.48. The van der Waals surface area contributed by atoms with Gasteiger partial charge in [0.25, 0.3) is 0 Å². The number of methoxy groups -OCH3 is 1. The number of ether oxygens (including phenoxy) is 1. The summed E-state index contributed by atoms with van der Waals surface area (Å²) >= 11 is 1.79. The molecule has 2 aliphatic rings. The van der Waals surface area contributed by atoms with E-state index in [-0.39, 0.29) is 5.41 Å². The summed E-state index contributed by atoms with van der Waals surface area (Å²) in [4.78, 5) is 8.54. The van der Waals surface area contributed by atoms with Crippen molar-refractivity contribution >= 4 is 27.5 Å². The van der Waals surface area contributed by atoms with Crippen molar-refractivity contribution in [1.82, 2.24) is 4.90 Å². The lowest BCUT2D eigenvalue weighted by atomic mass is 9.91. The van der Waals surface area contributed by atoms with Crippen molar-refractivity contribution in [3.05, 3.63) is 65.7 Å². The van der Waals surface area contributed by atoms with Crippen molar-refractivity contribution < 1.29 is 4.74 Å². The largest absolute Gasteiger partial charge is 0.497 e. The van der Waals surface area contributed by atoms with Gasteiger partial charge in [-0.2, -0.15) is 0 Å². The summed E-state index contributed by atoms with van der Waals surface area (Å²) in [6.07, 6.45) is 0. The molecule has 2 aromatic rings. The van der Waals surface area contributed by atoms with Gasteiger partial charge in [0.2, 0.25) is 0 Å². The molecule has 0 spiro atoms. The molecule has 3 nitrogen and oxygen atoms in total. The number of aliphatic imine (C=N–C) groups is 1. The SMILES string of the molecule is COc1ccc(C2=C(c3ccccc3)SC3=NCC(C)(C)CN32)cc1. The zero-order chi connectivity index (χ0) is 17.4. The summed E-state index contributed by atoms with van der Waals surface area (Å²) in [7, 11) is 1.70. The van der Waals surface area contributed by atoms with Crippen LogP contribution in [0.3, 0.4) is 0 Å². The average Bonchev–Trinajstić information content (AvgIpc) is 3.00. The van der Waals surface area contributed by atoms with Crippen LogP contribution in [0.2, 0.25) is 0 Å². The molecule has 4 rings (SSSR count). The molecule has 2 aliphatic heterocycles. The van der Waals surface area contributed by atoms with E-state index in [1.165, 1.54) is 21.7 Å². The van der Waals surface area contributed by atoms with E-state index in [4.69, 9.17) is 9.73 Å². The van der Waals surface area contributed by atoms with Crippen LogP contribution in [0, 0.1) is 5.41 Å². The summed E-state index contributed by atoms with van der Waals surface area (Å²) in [5, 5.41) is 1.11. The molecule has 2 heterocycles. The van der Waals surface area contributed by atoms with Crippen molar-refractivity contribution in [1.29, 1.82) is 0 Å². The van der Waals surface area contributed by atoms with Crippen LogP contribution in [0.25, 0.3) is 10.6 Å². The predicted octanol–water partition coefficient (Wildman–Crippen LogP) is 4.97. The van der Waals surface area contributed by atoms with Crippen molar-refractivity contribution in [2.45, 2.75) is 13.8 Å². The van der Waals surface area contributed by atoms with Gasteiger partial charge >= 0.3 is 0 Å². The zero-order valence-corrected chi connectivity index (χ0v) is 15.6. The normalized spacial score (nSPS) is 18.8. The summed E-state index contributed by atoms with van der Waals surface area (Å²) < 4.78 is 5.32. The highest BCUT2D eigenvalue weighted by atomic mass is 32.2. The first-order valence-corrected chi connectivity index (χ1v) is 9.33. The Balaban J connectivity index is 1.85. The van der Waals surface area contributed by atoms with Crippen molar-refractivity contribution in [3.8, 4) is 5.75 Å². The molecule has 128 valence electrons. The molecule has 0 N–H and O–H groups in total. The van der Waals surface area contributed by atoms with Gasteiger partial charge in [-0.25, -0.2) is 0 Å². The van der Waals surface area contributed by atoms with E-state index in [9.17, 15) is 0 Å². The van der Waals surface area contributed by atoms with E-state index < -0.39 is 0 Å². The Labute approximate surface area is 153 Å². The van der Waals surface area contributed by atoms with E-state index >= 15 is 0 Å². The Morgan fingerprint density at radius 2 is 1.72 bits per heavy atom. The number of fused-ring (bicyclic) bond motifs is 1. The molecule has 0 radical (unpaired) electrons. The molecule has 2 aromatic carbocycles. The van der Waals surface area contributed by atoms with Gasteiger partial charge in [-0.15, -0.1) is 0 Å². The van der Waals surface area contributed by atoms with Crippen LogP contribution in [-0.2, 0) is 0 Å². The van der Waals surface area contributed by atoms with Crippen LogP contribution < -0.4 is 4.74 Å². The first-order valence-electron chi connectivity index (χ1n) is 8.51. The third-order valence-corrected chi connectivity index (χ3v) is 5.70. The van der Waals surface area contributed by atoms with E-state index in [0.29, 0.717) is 0 Å². The molecule has 0 unspecified atom stereocenters. The van der Waals surface area contributed by atoms with E-state index in [1.807, 2.05) is 12.1 Å². The molecular formula is C21H22N2OS. The predicted molar refractivity (Wildman–Crippen MR) is 107 cm³/mol. The van der Waals surface area contributed by atoms with E-state index in [1.54, 1.807) is 18.9 Å². The molecular weight excluding hydrogens is 328 g/mol. The lowest BCUT2D eigenvalue weighted by Gasteiger charge is -2.35. The summed E-state index contributed by atoms with van der Waals surface area (Å²) in [5.41, 5.74) is 3.88. The number of nitrogens with zero attached hydrogens (tertiary/aromatic N) is 2. The third-order valence-electron chi connectivity index (χ3n) is 4.54. The smallest absolute Gasteiger partial charge is 0.168 e. The molecule has 25 heavy (non-hydrogen) atoms. The van der Waals surface area contributed by atoms with Gasteiger partial charge in [0.15, 0.2) is 5.17 Å². The number of hydrogen-bond acceptors (Lipinski definition) is 4. The Morgan fingerprint density at radius 3 is 2.40 bits per heavy atom. The number of thioether (sulfide) groups is 1. The van der Waals surface area contributed by atoms with Gasteiger partial charge in [-0.1, -0.05) is 44.2 Å². The molecule has 0 bridgehead atoms. The Hall–Kier alpha value is -2.20. The van der Waals surface area contributed by atoms with Crippen LogP contribution in [0.4, 0.5) is 0 Å². The Bertz CT molecular complexity index is 838. The van der Waals surface area contributed by atoms with Crippen LogP contribution >= 0.6 is 11.8 Å². The Kier molecular flexibility index (Phi) is 4.08. The van der Waals surface area contributed by atoms with Crippen molar-refractivity contribution in [2.24, 2.45) is 10.4 Å². The molecule has 0 fully saturated rings. The quantitative estimate of drug-likeness (QED) is 0.782. The van der Waals surface area contributed by atoms with Gasteiger partial charge in [-0.05, 0) is 47.2 Å². The van der Waals surface area contributed by atoms with Gasteiger partial charge in [0.05, 0.1) is 12.8 Å². The van der Waals surface area contributed by atoms with E-state index in [0.717, 1.165) is 24.0 Å². The fourth-order valence-electron chi connectivity index (χ4n) is 3.26. The van der Waals surface area contributed by atoms with Crippen molar-refractivity contribution in [2.75, 3.05) is 20.2 Å². The minimum absolute atomic E-state index is 0.175. The number of hydrogen-bond donors (Lipinski definition) is 0. The maximum absolute atomic E-state index is 5.32. The summed E-state index contributed by atoms with van der Waals surface area (Å²) in [6.45, 7) is 6.43. The molecule has 0 aliphatic carbocycles. The minimum atomic E-state index is 0.175. The molecule has 0 aromatic heterocycles. The second kappa shape index (κ2) is 6.26. The highest BCUT2D eigenvalue weighted by molar-refractivity contribution is 8.22. The standard InChI is InChI=1S/C21H22N2OS/c1-21(2)13-22-20-23(14-21)18(15-9-11-17(24-3)12-10-15)19(25-20)16-7-5-4-6-8-16/h4-12H,13-14H2,1-3H3. The maximum Gasteiger partial charge on any atom is 0.168 e. The maximum atomic E-state index is 5.32. The van der Waals surface area contributed by atoms with Gasteiger partial charge in [0, 0.05) is 23.4 Å². The molecule has 4 heteroatoms. The van der Waals surface area contributed by atoms with Gasteiger partial charge in [0.1, 0.15) is 5.75 Å². The van der Waals surface area contributed by atoms with E-state index in [2.05, 4.69) is 61.2 Å². The van der Waals surface area contributed by atoms with Gasteiger partial charge in [-0.3, -0.25) is 4.99 Å². The fraction of sp³-hybridized carbons (Fsp3) is 0.286. The minimum Gasteiger partial charge on any atom is -0.497 e. The zero-order valence-electron chi connectivity index (χ0n) is 14.8. The lowest BCUT2D eigenvalue weighted by molar-refractivity contribution is 0.295. The first-order chi connectivity index (χ1) is 12.1. The second-order valence-electron chi connectivity index (χ2n) is 7.22.